The minimum atomic E-state index is -1.01. The second kappa shape index (κ2) is 17.2. The molecule has 5 atom stereocenters. The lowest BCUT2D eigenvalue weighted by Gasteiger charge is -2.37. The Kier molecular flexibility index (Phi) is 13.3. The van der Waals surface area contributed by atoms with E-state index in [1.165, 1.54) is 23.5 Å². The summed E-state index contributed by atoms with van der Waals surface area (Å²) < 4.78 is 0. The van der Waals surface area contributed by atoms with E-state index in [2.05, 4.69) is 31.2 Å². The molecular formula is C36H55N7O6. The fraction of sp³-hybridized carbons (Fsp3) is 0.722. The lowest BCUT2D eigenvalue weighted by atomic mass is 9.82. The van der Waals surface area contributed by atoms with Crippen molar-refractivity contribution < 1.29 is 28.8 Å². The van der Waals surface area contributed by atoms with Gasteiger partial charge in [0, 0.05) is 25.0 Å². The molecule has 2 aliphatic carbocycles. The molecule has 4 rings (SSSR count). The molecule has 1 aromatic rings. The number of nitrogens with zero attached hydrogens (tertiary/aromatic N) is 3. The topological polar surface area (TPSA) is 180 Å². The van der Waals surface area contributed by atoms with Crippen LogP contribution in [0.15, 0.2) is 18.6 Å². The third-order valence-electron chi connectivity index (χ3n) is 9.90. The number of aromatic nitrogens is 2. The molecule has 1 aromatic heterocycles. The molecule has 1 saturated heterocycles. The van der Waals surface area contributed by atoms with Crippen LogP contribution >= 0.6 is 0 Å². The van der Waals surface area contributed by atoms with Gasteiger partial charge in [-0.3, -0.25) is 33.8 Å². The number of carbonyl (C=O) groups excluding carboxylic acids is 6. The Balaban J connectivity index is 1.55. The van der Waals surface area contributed by atoms with E-state index < -0.39 is 64.9 Å². The van der Waals surface area contributed by atoms with E-state index in [0.29, 0.717) is 25.8 Å². The summed E-state index contributed by atoms with van der Waals surface area (Å²) in [5.41, 5.74) is -0.651. The lowest BCUT2D eigenvalue weighted by Crippen LogP contribution is -2.62. The van der Waals surface area contributed by atoms with Gasteiger partial charge in [-0.15, -0.1) is 0 Å². The van der Waals surface area contributed by atoms with Crippen LogP contribution in [0.4, 0.5) is 0 Å². The van der Waals surface area contributed by atoms with Gasteiger partial charge in [0.1, 0.15) is 23.8 Å². The van der Waals surface area contributed by atoms with E-state index in [1.807, 2.05) is 34.6 Å². The molecule has 3 fully saturated rings. The first-order chi connectivity index (χ1) is 23.3. The molecule has 0 radical (unpaired) electrons. The van der Waals surface area contributed by atoms with Gasteiger partial charge in [-0.1, -0.05) is 66.7 Å². The third-order valence-corrected chi connectivity index (χ3v) is 9.90. The monoisotopic (exact) mass is 681 g/mol. The van der Waals surface area contributed by atoms with Gasteiger partial charge in [-0.25, -0.2) is 4.98 Å². The molecule has 270 valence electrons. The maximum absolute atomic E-state index is 14.5. The smallest absolute Gasteiger partial charge is 0.289 e. The summed E-state index contributed by atoms with van der Waals surface area (Å²) >= 11 is 0. The summed E-state index contributed by atoms with van der Waals surface area (Å²) in [6.45, 7) is 9.82. The highest BCUT2D eigenvalue weighted by molar-refractivity contribution is 6.38. The fourth-order valence-corrected chi connectivity index (χ4v) is 7.04. The zero-order chi connectivity index (χ0) is 35.7. The molecule has 4 N–H and O–H groups in total. The Hall–Kier alpha value is -3.90. The third kappa shape index (κ3) is 10.3. The summed E-state index contributed by atoms with van der Waals surface area (Å²) in [5.74, 6) is -3.29. The van der Waals surface area contributed by atoms with Gasteiger partial charge in [-0.05, 0) is 62.2 Å². The summed E-state index contributed by atoms with van der Waals surface area (Å²) in [4.78, 5) is 90.9. The van der Waals surface area contributed by atoms with Gasteiger partial charge in [0.15, 0.2) is 0 Å². The Bertz CT molecular complexity index is 1340. The predicted octanol–water partition coefficient (Wildman–Crippen LogP) is 2.84. The maximum atomic E-state index is 14.5. The standard InChI is InChI=1S/C36H55N7O6/c1-6-11-22-19-27(32(46)40-25(12-7-2)29(44)34(48)39-24-15-16-24)43(21-22)35(49)30(36(3,4)5)42-33(47)28(23-13-9-8-10-14-23)41-31(45)26-20-37-17-18-38-26/h17-18,20,22-25,27-28,30H,6-16,19,21H2,1-5H3,(H,39,48)(H,40,46)(H,41,45)(H,42,47). The van der Waals surface area contributed by atoms with Gasteiger partial charge in [0.25, 0.3) is 11.8 Å². The number of hydrogen-bond acceptors (Lipinski definition) is 8. The summed E-state index contributed by atoms with van der Waals surface area (Å²) in [6.07, 6.45) is 13.3. The van der Waals surface area contributed by atoms with Crippen molar-refractivity contribution in [1.29, 1.82) is 0 Å². The van der Waals surface area contributed by atoms with Crippen LogP contribution in [-0.4, -0.2) is 86.9 Å². The van der Waals surface area contributed by atoms with Crippen molar-refractivity contribution in [2.24, 2.45) is 17.3 Å². The molecule has 13 heteroatoms. The van der Waals surface area contributed by atoms with E-state index in [-0.39, 0.29) is 23.6 Å². The van der Waals surface area contributed by atoms with Crippen molar-refractivity contribution in [3.63, 3.8) is 0 Å². The van der Waals surface area contributed by atoms with Crippen molar-refractivity contribution in [3.8, 4) is 0 Å². The van der Waals surface area contributed by atoms with Gasteiger partial charge in [-0.2, -0.15) is 0 Å². The van der Waals surface area contributed by atoms with Crippen LogP contribution in [0.2, 0.25) is 0 Å². The lowest BCUT2D eigenvalue weighted by molar-refractivity contribution is -0.145. The van der Waals surface area contributed by atoms with E-state index in [9.17, 15) is 28.8 Å². The molecule has 0 spiro atoms. The van der Waals surface area contributed by atoms with Gasteiger partial charge < -0.3 is 26.2 Å². The van der Waals surface area contributed by atoms with Crippen LogP contribution in [0.5, 0.6) is 0 Å². The zero-order valence-corrected chi connectivity index (χ0v) is 29.8. The highest BCUT2D eigenvalue weighted by Gasteiger charge is 2.46. The number of nitrogens with one attached hydrogen (secondary N) is 4. The highest BCUT2D eigenvalue weighted by atomic mass is 16.2. The minimum absolute atomic E-state index is 0.00904. The highest BCUT2D eigenvalue weighted by Crippen LogP contribution is 2.32. The summed E-state index contributed by atoms with van der Waals surface area (Å²) in [7, 11) is 0. The fourth-order valence-electron chi connectivity index (χ4n) is 7.04. The second-order valence-corrected chi connectivity index (χ2v) is 15.1. The van der Waals surface area contributed by atoms with Gasteiger partial charge in [0.05, 0.1) is 12.2 Å². The van der Waals surface area contributed by atoms with Crippen molar-refractivity contribution in [1.82, 2.24) is 36.1 Å². The van der Waals surface area contributed by atoms with Crippen molar-refractivity contribution in [2.75, 3.05) is 6.54 Å². The Morgan fingerprint density at radius 1 is 0.918 bits per heavy atom. The van der Waals surface area contributed by atoms with E-state index in [0.717, 1.165) is 57.8 Å². The molecular weight excluding hydrogens is 626 g/mol. The average Bonchev–Trinajstić information content (AvgIpc) is 3.80. The van der Waals surface area contributed by atoms with Crippen molar-refractivity contribution in [2.45, 2.75) is 142 Å². The molecule has 2 saturated carbocycles. The molecule has 2 heterocycles. The molecule has 0 bridgehead atoms. The molecule has 13 nitrogen and oxygen atoms in total. The van der Waals surface area contributed by atoms with Crippen LogP contribution in [0.1, 0.15) is 122 Å². The number of carbonyl (C=O) groups is 6. The zero-order valence-electron chi connectivity index (χ0n) is 29.8. The van der Waals surface area contributed by atoms with E-state index in [4.69, 9.17) is 0 Å². The van der Waals surface area contributed by atoms with E-state index >= 15 is 0 Å². The Labute approximate surface area is 289 Å². The average molecular weight is 682 g/mol. The molecule has 5 amide bonds. The van der Waals surface area contributed by atoms with Gasteiger partial charge >= 0.3 is 0 Å². The molecule has 49 heavy (non-hydrogen) atoms. The Morgan fingerprint density at radius 3 is 2.22 bits per heavy atom. The number of Topliss-reactive ketones (excluding diaryl/α,β-unsaturated/α-hetero) is 1. The van der Waals surface area contributed by atoms with Crippen molar-refractivity contribution in [3.05, 3.63) is 24.3 Å². The van der Waals surface area contributed by atoms with Crippen LogP contribution in [0.3, 0.4) is 0 Å². The van der Waals surface area contributed by atoms with Crippen LogP contribution in [-0.2, 0) is 24.0 Å². The normalized spacial score (nSPS) is 21.6. The first-order valence-electron chi connectivity index (χ1n) is 18.2. The molecule has 3 aliphatic rings. The first-order valence-corrected chi connectivity index (χ1v) is 18.2. The number of likely N-dealkylation sites (tertiary alicyclic amines) is 1. The summed E-state index contributed by atoms with van der Waals surface area (Å²) in [5, 5.41) is 11.4. The summed E-state index contributed by atoms with van der Waals surface area (Å²) in [6, 6.07) is -3.75. The van der Waals surface area contributed by atoms with Gasteiger partial charge in [0.2, 0.25) is 23.5 Å². The molecule has 5 unspecified atom stereocenters. The number of amides is 5. The largest absolute Gasteiger partial charge is 0.347 e. The quantitative estimate of drug-likeness (QED) is 0.204. The first kappa shape index (κ1) is 37.9. The SMILES string of the molecule is CCCC1CC(C(=O)NC(CCC)C(=O)C(=O)NC2CC2)N(C(=O)C(NC(=O)C(NC(=O)c2cnccn2)C2CCCCC2)C(C)(C)C)C1. The molecule has 1 aliphatic heterocycles. The van der Waals surface area contributed by atoms with E-state index in [1.54, 1.807) is 0 Å². The van der Waals surface area contributed by atoms with Crippen LogP contribution in [0.25, 0.3) is 0 Å². The maximum Gasteiger partial charge on any atom is 0.289 e. The number of hydrogen-bond donors (Lipinski definition) is 4. The number of ketones is 1. The predicted molar refractivity (Wildman–Crippen MR) is 183 cm³/mol. The second-order valence-electron chi connectivity index (χ2n) is 15.1. The molecule has 0 aromatic carbocycles. The van der Waals surface area contributed by atoms with Crippen LogP contribution in [0, 0.1) is 17.3 Å². The Morgan fingerprint density at radius 2 is 1.63 bits per heavy atom. The van der Waals surface area contributed by atoms with Crippen molar-refractivity contribution >= 4 is 35.3 Å². The van der Waals surface area contributed by atoms with Crippen LogP contribution < -0.4 is 21.3 Å². The minimum Gasteiger partial charge on any atom is -0.347 e. The number of rotatable bonds is 15.